The van der Waals surface area contributed by atoms with Crippen LogP contribution in [0, 0.1) is 11.8 Å². The second-order valence-electron chi connectivity index (χ2n) is 8.40. The summed E-state index contributed by atoms with van der Waals surface area (Å²) >= 11 is 0. The molecule has 6 rings (SSSR count). The molecule has 4 aliphatic heterocycles. The summed E-state index contributed by atoms with van der Waals surface area (Å²) in [6.07, 6.45) is 1.77. The first kappa shape index (κ1) is 16.9. The lowest BCUT2D eigenvalue weighted by Crippen LogP contribution is -2.55. The number of para-hydroxylation sites is 2. The van der Waals surface area contributed by atoms with E-state index in [0.717, 1.165) is 30.6 Å². The van der Waals surface area contributed by atoms with Gasteiger partial charge in [0.05, 0.1) is 17.5 Å². The first-order chi connectivity index (χ1) is 14.1. The summed E-state index contributed by atoms with van der Waals surface area (Å²) in [7, 11) is 1.77. The quantitative estimate of drug-likeness (QED) is 0.704. The maximum Gasteiger partial charge on any atom is 0.252 e. The van der Waals surface area contributed by atoms with Crippen LogP contribution in [0.4, 0.5) is 11.4 Å². The van der Waals surface area contributed by atoms with Gasteiger partial charge in [0, 0.05) is 24.3 Å². The third-order valence-electron chi connectivity index (χ3n) is 7.29. The molecule has 3 saturated heterocycles. The van der Waals surface area contributed by atoms with Gasteiger partial charge in [-0.15, -0.1) is 0 Å². The summed E-state index contributed by atoms with van der Waals surface area (Å²) in [5, 5.41) is 0. The molecule has 0 radical (unpaired) electrons. The van der Waals surface area contributed by atoms with Crippen LogP contribution in [-0.4, -0.2) is 42.3 Å². The fourth-order valence-corrected chi connectivity index (χ4v) is 6.28. The number of rotatable bonds is 1. The minimum atomic E-state index is -1.08. The van der Waals surface area contributed by atoms with E-state index in [2.05, 4.69) is 4.90 Å². The van der Waals surface area contributed by atoms with Crippen LogP contribution in [0.1, 0.15) is 18.4 Å². The molecule has 0 aromatic heterocycles. The number of amides is 3. The minimum Gasteiger partial charge on any atom is -0.313 e. The van der Waals surface area contributed by atoms with Gasteiger partial charge in [-0.05, 0) is 37.6 Å². The zero-order chi connectivity index (χ0) is 19.9. The lowest BCUT2D eigenvalue weighted by Gasteiger charge is -2.37. The molecule has 2 aromatic rings. The van der Waals surface area contributed by atoms with Gasteiger partial charge in [-0.2, -0.15) is 0 Å². The zero-order valence-electron chi connectivity index (χ0n) is 16.1. The van der Waals surface area contributed by atoms with E-state index in [1.54, 1.807) is 24.1 Å². The number of anilines is 2. The SMILES string of the molecule is CN1C(=O)C2(c3ccccc31)[C@H]1C(=O)N(c3ccccc3)C(=O)[C@H]1[C@@H]1CCCN12. The van der Waals surface area contributed by atoms with Crippen molar-refractivity contribution in [3.8, 4) is 0 Å². The van der Waals surface area contributed by atoms with Crippen LogP contribution in [0.25, 0.3) is 0 Å². The van der Waals surface area contributed by atoms with E-state index in [4.69, 9.17) is 0 Å². The molecule has 0 saturated carbocycles. The Bertz CT molecular complexity index is 1070. The van der Waals surface area contributed by atoms with Gasteiger partial charge in [-0.1, -0.05) is 36.4 Å². The van der Waals surface area contributed by atoms with E-state index in [1.807, 2.05) is 42.5 Å². The fourth-order valence-electron chi connectivity index (χ4n) is 6.28. The van der Waals surface area contributed by atoms with Gasteiger partial charge in [0.15, 0.2) is 0 Å². The van der Waals surface area contributed by atoms with Crippen molar-refractivity contribution in [1.82, 2.24) is 4.90 Å². The predicted octanol–water partition coefficient (Wildman–Crippen LogP) is 2.14. The molecule has 0 bridgehead atoms. The highest BCUT2D eigenvalue weighted by atomic mass is 16.2. The summed E-state index contributed by atoms with van der Waals surface area (Å²) in [5.41, 5.74) is 1.21. The number of hydrogen-bond acceptors (Lipinski definition) is 4. The van der Waals surface area contributed by atoms with Gasteiger partial charge in [-0.25, -0.2) is 4.90 Å². The summed E-state index contributed by atoms with van der Waals surface area (Å²) < 4.78 is 0. The second kappa shape index (κ2) is 5.54. The molecular weight excluding hydrogens is 366 g/mol. The van der Waals surface area contributed by atoms with E-state index in [0.29, 0.717) is 5.69 Å². The minimum absolute atomic E-state index is 0.0753. The van der Waals surface area contributed by atoms with Crippen LogP contribution in [0.3, 0.4) is 0 Å². The van der Waals surface area contributed by atoms with Crippen LogP contribution < -0.4 is 9.80 Å². The molecule has 4 atom stereocenters. The molecule has 3 fully saturated rings. The molecule has 0 aliphatic carbocycles. The van der Waals surface area contributed by atoms with Crippen molar-refractivity contribution in [2.24, 2.45) is 11.8 Å². The largest absolute Gasteiger partial charge is 0.313 e. The molecule has 1 unspecified atom stereocenters. The number of carbonyl (C=O) groups excluding carboxylic acids is 3. The monoisotopic (exact) mass is 387 g/mol. The molecule has 6 nitrogen and oxygen atoms in total. The Morgan fingerprint density at radius 1 is 0.931 bits per heavy atom. The maximum atomic E-state index is 13.8. The van der Waals surface area contributed by atoms with E-state index < -0.39 is 17.4 Å². The van der Waals surface area contributed by atoms with Gasteiger partial charge >= 0.3 is 0 Å². The van der Waals surface area contributed by atoms with E-state index in [1.165, 1.54) is 4.90 Å². The number of carbonyl (C=O) groups is 3. The first-order valence-corrected chi connectivity index (χ1v) is 10.2. The number of likely N-dealkylation sites (N-methyl/N-ethyl adjacent to an activating group) is 1. The third kappa shape index (κ3) is 1.79. The lowest BCUT2D eigenvalue weighted by atomic mass is 9.75. The van der Waals surface area contributed by atoms with Crippen molar-refractivity contribution in [3.63, 3.8) is 0 Å². The van der Waals surface area contributed by atoms with Crippen molar-refractivity contribution >= 4 is 29.1 Å². The molecular formula is C23H21N3O3. The average molecular weight is 387 g/mol. The molecule has 0 N–H and O–H groups in total. The van der Waals surface area contributed by atoms with Crippen LogP contribution in [0.2, 0.25) is 0 Å². The van der Waals surface area contributed by atoms with Crippen molar-refractivity contribution in [1.29, 1.82) is 0 Å². The first-order valence-electron chi connectivity index (χ1n) is 10.2. The highest BCUT2D eigenvalue weighted by Gasteiger charge is 2.75. The van der Waals surface area contributed by atoms with Crippen molar-refractivity contribution in [2.75, 3.05) is 23.4 Å². The Morgan fingerprint density at radius 3 is 2.45 bits per heavy atom. The normalized spacial score (nSPS) is 33.0. The Kier molecular flexibility index (Phi) is 3.23. The van der Waals surface area contributed by atoms with Crippen LogP contribution in [0.5, 0.6) is 0 Å². The molecule has 146 valence electrons. The van der Waals surface area contributed by atoms with Gasteiger partial charge in [0.2, 0.25) is 11.8 Å². The maximum absolute atomic E-state index is 13.8. The Hall–Kier alpha value is -2.99. The molecule has 1 spiro atoms. The van der Waals surface area contributed by atoms with Gasteiger partial charge < -0.3 is 4.90 Å². The standard InChI is InChI=1S/C23H21N3O3/c1-24-16-11-6-5-10-15(16)23(22(24)29)19-18(17-12-7-13-25(17)23)20(27)26(21(19)28)14-8-3-2-4-9-14/h2-6,8-11,17-19H,7,12-13H2,1H3/t17-,18-,19+,23?/m0/s1. The molecule has 3 amide bonds. The number of fused-ring (bicyclic) bond motifs is 7. The van der Waals surface area contributed by atoms with Crippen molar-refractivity contribution < 1.29 is 14.4 Å². The highest BCUT2D eigenvalue weighted by Crippen LogP contribution is 2.61. The topological polar surface area (TPSA) is 60.9 Å². The molecule has 29 heavy (non-hydrogen) atoms. The fraction of sp³-hybridized carbons (Fsp3) is 0.348. The summed E-state index contributed by atoms with van der Waals surface area (Å²) in [5.74, 6) is -1.67. The van der Waals surface area contributed by atoms with Crippen LogP contribution in [0.15, 0.2) is 54.6 Å². The molecule has 4 heterocycles. The number of nitrogens with zero attached hydrogens (tertiary/aromatic N) is 3. The lowest BCUT2D eigenvalue weighted by molar-refractivity contribution is -0.136. The number of hydrogen-bond donors (Lipinski definition) is 0. The zero-order valence-corrected chi connectivity index (χ0v) is 16.1. The van der Waals surface area contributed by atoms with Crippen LogP contribution in [-0.2, 0) is 19.9 Å². The Morgan fingerprint density at radius 2 is 1.66 bits per heavy atom. The predicted molar refractivity (Wildman–Crippen MR) is 107 cm³/mol. The van der Waals surface area contributed by atoms with Crippen molar-refractivity contribution in [3.05, 3.63) is 60.2 Å². The third-order valence-corrected chi connectivity index (χ3v) is 7.29. The number of benzene rings is 2. The van der Waals surface area contributed by atoms with Crippen molar-refractivity contribution in [2.45, 2.75) is 24.4 Å². The number of imide groups is 1. The highest BCUT2D eigenvalue weighted by molar-refractivity contribution is 6.26. The summed E-state index contributed by atoms with van der Waals surface area (Å²) in [6.45, 7) is 0.734. The van der Waals surface area contributed by atoms with Crippen LogP contribution >= 0.6 is 0 Å². The smallest absolute Gasteiger partial charge is 0.252 e. The van der Waals surface area contributed by atoms with Gasteiger partial charge in [0.25, 0.3) is 5.91 Å². The van der Waals surface area contributed by atoms with Gasteiger partial charge in [0.1, 0.15) is 5.54 Å². The Balaban J connectivity index is 1.59. The molecule has 2 aromatic carbocycles. The van der Waals surface area contributed by atoms with E-state index >= 15 is 0 Å². The van der Waals surface area contributed by atoms with E-state index in [-0.39, 0.29) is 23.8 Å². The second-order valence-corrected chi connectivity index (χ2v) is 8.40. The Labute approximate surface area is 168 Å². The average Bonchev–Trinajstić information content (AvgIpc) is 3.43. The van der Waals surface area contributed by atoms with Gasteiger partial charge in [-0.3, -0.25) is 19.3 Å². The summed E-state index contributed by atoms with van der Waals surface area (Å²) in [4.78, 5) is 46.2. The molecule has 6 heteroatoms. The molecule has 4 aliphatic rings. The van der Waals surface area contributed by atoms with E-state index in [9.17, 15) is 14.4 Å². The summed E-state index contributed by atoms with van der Waals surface area (Å²) in [6, 6.07) is 16.7.